The van der Waals surface area contributed by atoms with Crippen molar-refractivity contribution >= 4 is 21.9 Å². The van der Waals surface area contributed by atoms with Gasteiger partial charge in [0.05, 0.1) is 0 Å². The van der Waals surface area contributed by atoms with E-state index in [1.54, 1.807) is 26.8 Å². The molecule has 118 valence electrons. The molecule has 0 amide bonds. The molecule has 1 aliphatic rings. The van der Waals surface area contributed by atoms with Crippen LogP contribution in [0.25, 0.3) is 0 Å². The highest BCUT2D eigenvalue weighted by Gasteiger charge is 2.35. The smallest absolute Gasteiger partial charge is 0.342 e. The van der Waals surface area contributed by atoms with E-state index in [1.807, 2.05) is 6.92 Å². The van der Waals surface area contributed by atoms with Crippen LogP contribution in [0.5, 0.6) is 0 Å². The first-order chi connectivity index (χ1) is 9.59. The predicted octanol–water partition coefficient (Wildman–Crippen LogP) is 2.88. The molecule has 0 unspecified atom stereocenters. The highest BCUT2D eigenvalue weighted by Crippen LogP contribution is 2.32. The van der Waals surface area contributed by atoms with Crippen molar-refractivity contribution in [1.29, 1.82) is 0 Å². The molecule has 0 heterocycles. The minimum Gasteiger partial charge on any atom is -0.342 e. The van der Waals surface area contributed by atoms with E-state index in [0.717, 1.165) is 12.8 Å². The fraction of sp³-hybridized carbons (Fsp3) is 0.600. The maximum Gasteiger partial charge on any atom is 0.345 e. The molecular formula is C15H22O5S. The molecule has 0 atom stereocenters. The lowest BCUT2D eigenvalue weighted by Gasteiger charge is -2.23. The van der Waals surface area contributed by atoms with Gasteiger partial charge in [0.1, 0.15) is 4.91 Å². The lowest BCUT2D eigenvalue weighted by atomic mass is 9.85. The number of unbranched alkanes of at least 4 members (excludes halogenated alkanes) is 2. The first-order valence-corrected chi connectivity index (χ1v) is 8.44. The summed E-state index contributed by atoms with van der Waals surface area (Å²) in [4.78, 5) is 23.1. The summed E-state index contributed by atoms with van der Waals surface area (Å²) in [7, 11) is -4.35. The van der Waals surface area contributed by atoms with Crippen LogP contribution >= 0.6 is 0 Å². The van der Waals surface area contributed by atoms with E-state index in [1.165, 1.54) is 6.08 Å². The van der Waals surface area contributed by atoms with E-state index >= 15 is 0 Å². The van der Waals surface area contributed by atoms with Gasteiger partial charge in [0.2, 0.25) is 5.78 Å². The van der Waals surface area contributed by atoms with Crippen molar-refractivity contribution in [2.45, 2.75) is 53.4 Å². The Balaban J connectivity index is 2.90. The summed E-state index contributed by atoms with van der Waals surface area (Å²) in [6, 6.07) is 0. The van der Waals surface area contributed by atoms with Crippen molar-refractivity contribution < 1.29 is 22.2 Å². The van der Waals surface area contributed by atoms with Gasteiger partial charge < -0.3 is 4.18 Å². The average molecular weight is 314 g/mol. The van der Waals surface area contributed by atoms with Crippen molar-refractivity contribution in [1.82, 2.24) is 0 Å². The Labute approximate surface area is 126 Å². The first kappa shape index (κ1) is 17.6. The van der Waals surface area contributed by atoms with Crippen molar-refractivity contribution in [2.24, 2.45) is 5.41 Å². The molecule has 0 aromatic heterocycles. The van der Waals surface area contributed by atoms with Crippen LogP contribution in [0.1, 0.15) is 53.4 Å². The van der Waals surface area contributed by atoms with Gasteiger partial charge in [-0.2, -0.15) is 8.42 Å². The number of Topliss-reactive ketones (excluding diaryl/α,β-unsaturated/α-hetero) is 1. The molecule has 0 saturated carbocycles. The van der Waals surface area contributed by atoms with Crippen LogP contribution in [0.3, 0.4) is 0 Å². The molecular weight excluding hydrogens is 292 g/mol. The Kier molecular flexibility index (Phi) is 5.50. The van der Waals surface area contributed by atoms with E-state index in [0.29, 0.717) is 12.0 Å². The van der Waals surface area contributed by atoms with Gasteiger partial charge in [-0.15, -0.1) is 0 Å². The third kappa shape index (κ3) is 4.81. The third-order valence-electron chi connectivity index (χ3n) is 3.13. The van der Waals surface area contributed by atoms with E-state index in [-0.39, 0.29) is 6.42 Å². The molecule has 0 N–H and O–H groups in total. The molecule has 0 aromatic carbocycles. The summed E-state index contributed by atoms with van der Waals surface area (Å²) >= 11 is 0. The van der Waals surface area contributed by atoms with Gasteiger partial charge in [-0.25, -0.2) is 0 Å². The standard InChI is InChI=1S/C15H22O5S/c1-5-6-7-8-13(16)20-21(18,19)12-10-15(3,4)9-11(2)14(12)17/h9-10H,5-8H2,1-4H3. The van der Waals surface area contributed by atoms with Crippen LogP contribution in [-0.2, 0) is 23.9 Å². The van der Waals surface area contributed by atoms with Gasteiger partial charge in [0.15, 0.2) is 0 Å². The minimum atomic E-state index is -4.35. The molecule has 1 aliphatic carbocycles. The second-order valence-corrected chi connectivity index (χ2v) is 7.37. The van der Waals surface area contributed by atoms with Crippen molar-refractivity contribution in [3.8, 4) is 0 Å². The molecule has 6 heteroatoms. The van der Waals surface area contributed by atoms with Crippen LogP contribution in [0.15, 0.2) is 22.6 Å². The molecule has 0 fully saturated rings. The molecule has 21 heavy (non-hydrogen) atoms. The molecule has 0 spiro atoms. The Morgan fingerprint density at radius 2 is 1.86 bits per heavy atom. The molecule has 0 bridgehead atoms. The van der Waals surface area contributed by atoms with Gasteiger partial charge in [-0.1, -0.05) is 39.7 Å². The van der Waals surface area contributed by atoms with Gasteiger partial charge in [-0.05, 0) is 25.0 Å². The fourth-order valence-electron chi connectivity index (χ4n) is 2.18. The van der Waals surface area contributed by atoms with Gasteiger partial charge in [0, 0.05) is 11.8 Å². The maximum atomic E-state index is 12.1. The van der Waals surface area contributed by atoms with E-state index in [2.05, 4.69) is 4.18 Å². The maximum absolute atomic E-state index is 12.1. The third-order valence-corrected chi connectivity index (χ3v) is 4.38. The van der Waals surface area contributed by atoms with Gasteiger partial charge in [-0.3, -0.25) is 9.59 Å². The molecule has 0 aromatic rings. The number of carbonyl (C=O) groups excluding carboxylic acids is 2. The topological polar surface area (TPSA) is 77.5 Å². The van der Waals surface area contributed by atoms with Crippen LogP contribution in [0, 0.1) is 5.41 Å². The number of rotatable bonds is 6. The minimum absolute atomic E-state index is 0.0345. The summed E-state index contributed by atoms with van der Waals surface area (Å²) in [5.41, 5.74) is -0.238. The van der Waals surface area contributed by atoms with Gasteiger partial charge in [0.25, 0.3) is 0 Å². The number of hydrogen-bond acceptors (Lipinski definition) is 5. The van der Waals surface area contributed by atoms with E-state index < -0.39 is 32.2 Å². The second-order valence-electron chi connectivity index (χ2n) is 5.85. The molecule has 0 aliphatic heterocycles. The second kappa shape index (κ2) is 6.56. The zero-order valence-corrected chi connectivity index (χ0v) is 13.7. The summed E-state index contributed by atoms with van der Waals surface area (Å²) in [5, 5.41) is 0. The quantitative estimate of drug-likeness (QED) is 0.556. The zero-order chi connectivity index (χ0) is 16.3. The number of hydrogen-bond donors (Lipinski definition) is 0. The Morgan fingerprint density at radius 3 is 2.43 bits per heavy atom. The molecule has 0 radical (unpaired) electrons. The molecule has 5 nitrogen and oxygen atoms in total. The monoisotopic (exact) mass is 314 g/mol. The van der Waals surface area contributed by atoms with Crippen LogP contribution < -0.4 is 0 Å². The summed E-state index contributed by atoms with van der Waals surface area (Å²) in [5.74, 6) is -1.43. The van der Waals surface area contributed by atoms with Crippen LogP contribution in [0.4, 0.5) is 0 Å². The number of carbonyl (C=O) groups is 2. The van der Waals surface area contributed by atoms with E-state index in [9.17, 15) is 18.0 Å². The van der Waals surface area contributed by atoms with E-state index in [4.69, 9.17) is 0 Å². The molecule has 1 rings (SSSR count). The normalized spacial score (nSPS) is 18.0. The largest absolute Gasteiger partial charge is 0.345 e. The Hall–Kier alpha value is -1.43. The van der Waals surface area contributed by atoms with Crippen molar-refractivity contribution in [3.05, 3.63) is 22.6 Å². The SMILES string of the molecule is CCCCCC(=O)OS(=O)(=O)C1=CC(C)(C)C=C(C)C1=O. The summed E-state index contributed by atoms with van der Waals surface area (Å²) < 4.78 is 28.8. The van der Waals surface area contributed by atoms with Crippen molar-refractivity contribution in [3.63, 3.8) is 0 Å². The Bertz CT molecular complexity index is 594. The summed E-state index contributed by atoms with van der Waals surface area (Å²) in [6.07, 6.45) is 5.37. The lowest BCUT2D eigenvalue weighted by Crippen LogP contribution is -2.26. The lowest BCUT2D eigenvalue weighted by molar-refractivity contribution is -0.133. The highest BCUT2D eigenvalue weighted by atomic mass is 32.2. The summed E-state index contributed by atoms with van der Waals surface area (Å²) in [6.45, 7) is 7.09. The zero-order valence-electron chi connectivity index (χ0n) is 12.9. The highest BCUT2D eigenvalue weighted by molar-refractivity contribution is 7.92. The fourth-order valence-corrected chi connectivity index (χ4v) is 3.43. The van der Waals surface area contributed by atoms with Crippen molar-refractivity contribution in [2.75, 3.05) is 0 Å². The van der Waals surface area contributed by atoms with Crippen LogP contribution in [-0.4, -0.2) is 20.2 Å². The Morgan fingerprint density at radius 1 is 1.24 bits per heavy atom. The number of ketones is 1. The average Bonchev–Trinajstić information content (AvgIpc) is 2.33. The first-order valence-electron chi connectivity index (χ1n) is 7.03. The number of allylic oxidation sites excluding steroid dienone is 4. The molecule has 0 saturated heterocycles. The van der Waals surface area contributed by atoms with Gasteiger partial charge >= 0.3 is 16.1 Å². The van der Waals surface area contributed by atoms with Crippen LogP contribution in [0.2, 0.25) is 0 Å². The predicted molar refractivity (Wildman–Crippen MR) is 79.8 cm³/mol.